The Morgan fingerprint density at radius 3 is 2.93 bits per heavy atom. The second-order valence-electron chi connectivity index (χ2n) is 3.51. The van der Waals surface area contributed by atoms with Crippen molar-refractivity contribution < 1.29 is 4.74 Å². The van der Waals surface area contributed by atoms with Crippen LogP contribution in [-0.2, 0) is 5.88 Å². The highest BCUT2D eigenvalue weighted by molar-refractivity contribution is 6.17. The highest BCUT2D eigenvalue weighted by Gasteiger charge is 2.18. The first-order chi connectivity index (χ1) is 6.90. The zero-order chi connectivity index (χ0) is 9.80. The fourth-order valence-corrected chi connectivity index (χ4v) is 1.89. The molecule has 0 amide bonds. The van der Waals surface area contributed by atoms with Crippen molar-refractivity contribution in [2.24, 2.45) is 0 Å². The summed E-state index contributed by atoms with van der Waals surface area (Å²) in [6, 6.07) is 0. The lowest BCUT2D eigenvalue weighted by Crippen LogP contribution is -2.13. The Balaban J connectivity index is 2.07. The number of hydrogen-bond donors (Lipinski definition) is 0. The fraction of sp³-hybridized carbons (Fsp3) is 0.600. The molecule has 76 valence electrons. The Morgan fingerprint density at radius 2 is 2.21 bits per heavy atom. The topological polar surface area (TPSA) is 35.0 Å². The molecule has 0 bridgehead atoms. The third-order valence-corrected chi connectivity index (χ3v) is 2.76. The van der Waals surface area contributed by atoms with Crippen LogP contribution >= 0.6 is 11.6 Å². The molecule has 1 heterocycles. The molecule has 0 saturated heterocycles. The molecule has 0 spiro atoms. The van der Waals surface area contributed by atoms with E-state index < -0.39 is 0 Å². The average Bonchev–Trinajstić information content (AvgIpc) is 2.71. The van der Waals surface area contributed by atoms with Crippen molar-refractivity contribution in [2.75, 3.05) is 0 Å². The summed E-state index contributed by atoms with van der Waals surface area (Å²) in [5.41, 5.74) is 0.876. The maximum Gasteiger partial charge on any atom is 0.221 e. The average molecular weight is 213 g/mol. The second-order valence-corrected chi connectivity index (χ2v) is 3.78. The van der Waals surface area contributed by atoms with Gasteiger partial charge in [0.1, 0.15) is 12.4 Å². The number of rotatable bonds is 3. The highest BCUT2D eigenvalue weighted by atomic mass is 35.5. The van der Waals surface area contributed by atoms with Gasteiger partial charge in [0, 0.05) is 11.8 Å². The van der Waals surface area contributed by atoms with Gasteiger partial charge in [0.25, 0.3) is 0 Å². The first-order valence-electron chi connectivity index (χ1n) is 4.91. The Kier molecular flexibility index (Phi) is 3.19. The monoisotopic (exact) mass is 212 g/mol. The molecule has 1 aliphatic carbocycles. The van der Waals surface area contributed by atoms with Crippen LogP contribution in [0, 0.1) is 0 Å². The molecule has 0 N–H and O–H groups in total. The van der Waals surface area contributed by atoms with Crippen molar-refractivity contribution in [3.05, 3.63) is 18.1 Å². The summed E-state index contributed by atoms with van der Waals surface area (Å²) < 4.78 is 5.76. The van der Waals surface area contributed by atoms with E-state index >= 15 is 0 Å². The van der Waals surface area contributed by atoms with Crippen LogP contribution in [0.5, 0.6) is 5.88 Å². The van der Waals surface area contributed by atoms with Gasteiger partial charge in [-0.15, -0.1) is 11.6 Å². The van der Waals surface area contributed by atoms with Crippen molar-refractivity contribution in [2.45, 2.75) is 37.7 Å². The molecule has 0 radical (unpaired) electrons. The molecule has 3 nitrogen and oxygen atoms in total. The first kappa shape index (κ1) is 9.71. The molecule has 1 aromatic heterocycles. The lowest BCUT2D eigenvalue weighted by molar-refractivity contribution is 0.199. The predicted octanol–water partition coefficient (Wildman–Crippen LogP) is 2.54. The van der Waals surface area contributed by atoms with E-state index in [9.17, 15) is 0 Å². The van der Waals surface area contributed by atoms with Crippen LogP contribution in [0.1, 0.15) is 31.2 Å². The molecule has 0 aromatic carbocycles. The van der Waals surface area contributed by atoms with Crippen LogP contribution in [0.25, 0.3) is 0 Å². The van der Waals surface area contributed by atoms with Gasteiger partial charge in [-0.3, -0.25) is 0 Å². The lowest BCUT2D eigenvalue weighted by atomic mass is 10.3. The summed E-state index contributed by atoms with van der Waals surface area (Å²) in [7, 11) is 0. The first-order valence-corrected chi connectivity index (χ1v) is 5.45. The smallest absolute Gasteiger partial charge is 0.221 e. The van der Waals surface area contributed by atoms with Crippen molar-refractivity contribution in [3.63, 3.8) is 0 Å². The van der Waals surface area contributed by atoms with Crippen LogP contribution in [-0.4, -0.2) is 16.1 Å². The van der Waals surface area contributed by atoms with E-state index in [-0.39, 0.29) is 0 Å². The van der Waals surface area contributed by atoms with E-state index in [1.54, 1.807) is 6.20 Å². The molecule has 0 atom stereocenters. The van der Waals surface area contributed by atoms with Gasteiger partial charge in [-0.2, -0.15) is 0 Å². The van der Waals surface area contributed by atoms with Crippen LogP contribution < -0.4 is 4.74 Å². The number of halogens is 1. The zero-order valence-corrected chi connectivity index (χ0v) is 8.70. The zero-order valence-electron chi connectivity index (χ0n) is 7.95. The van der Waals surface area contributed by atoms with Crippen LogP contribution in [0.4, 0.5) is 0 Å². The van der Waals surface area contributed by atoms with E-state index in [2.05, 4.69) is 9.97 Å². The molecule has 0 aliphatic heterocycles. The Labute approximate surface area is 88.5 Å². The van der Waals surface area contributed by atoms with E-state index in [1.807, 2.05) is 0 Å². The summed E-state index contributed by atoms with van der Waals surface area (Å²) in [4.78, 5) is 8.01. The van der Waals surface area contributed by atoms with Crippen molar-refractivity contribution in [1.82, 2.24) is 9.97 Å². The molecule has 1 aliphatic rings. The number of aromatic nitrogens is 2. The van der Waals surface area contributed by atoms with Gasteiger partial charge in [-0.25, -0.2) is 9.97 Å². The van der Waals surface area contributed by atoms with Gasteiger partial charge in [0.05, 0.1) is 5.88 Å². The highest BCUT2D eigenvalue weighted by Crippen LogP contribution is 2.25. The molecule has 14 heavy (non-hydrogen) atoms. The number of hydrogen-bond acceptors (Lipinski definition) is 3. The van der Waals surface area contributed by atoms with Crippen molar-refractivity contribution in [3.8, 4) is 5.88 Å². The second kappa shape index (κ2) is 4.60. The van der Waals surface area contributed by atoms with Crippen LogP contribution in [0.2, 0.25) is 0 Å². The molecule has 4 heteroatoms. The molecule has 1 aromatic rings. The van der Waals surface area contributed by atoms with Gasteiger partial charge < -0.3 is 4.74 Å². The van der Waals surface area contributed by atoms with Gasteiger partial charge >= 0.3 is 0 Å². The summed E-state index contributed by atoms with van der Waals surface area (Å²) in [6.45, 7) is 0. The number of nitrogens with zero attached hydrogens (tertiary/aromatic N) is 2. The summed E-state index contributed by atoms with van der Waals surface area (Å²) in [5, 5.41) is 0. The minimum atomic E-state index is 0.326. The van der Waals surface area contributed by atoms with E-state index in [1.165, 1.54) is 19.2 Å². The normalized spacial score (nSPS) is 17.2. The Bertz CT molecular complexity index is 300. The summed E-state index contributed by atoms with van der Waals surface area (Å²) in [6.07, 6.45) is 8.31. The molecule has 1 fully saturated rings. The number of alkyl halides is 1. The van der Waals surface area contributed by atoms with Gasteiger partial charge in [-0.05, 0) is 25.7 Å². The maximum atomic E-state index is 5.76. The van der Waals surface area contributed by atoms with E-state index in [0.29, 0.717) is 17.9 Å². The van der Waals surface area contributed by atoms with E-state index in [0.717, 1.165) is 18.4 Å². The third-order valence-electron chi connectivity index (χ3n) is 2.47. The van der Waals surface area contributed by atoms with Crippen LogP contribution in [0.3, 0.4) is 0 Å². The minimum Gasteiger partial charge on any atom is -0.474 e. The lowest BCUT2D eigenvalue weighted by Gasteiger charge is -2.13. The van der Waals surface area contributed by atoms with Gasteiger partial charge in [0.15, 0.2) is 0 Å². The molecular formula is C10H13ClN2O. The molecule has 2 rings (SSSR count). The van der Waals surface area contributed by atoms with E-state index in [4.69, 9.17) is 16.3 Å². The van der Waals surface area contributed by atoms with Gasteiger partial charge in [0.2, 0.25) is 5.88 Å². The summed E-state index contributed by atoms with van der Waals surface area (Å²) in [5.74, 6) is 1.06. The van der Waals surface area contributed by atoms with Crippen molar-refractivity contribution in [1.29, 1.82) is 0 Å². The quantitative estimate of drug-likeness (QED) is 0.723. The number of ether oxygens (including phenoxy) is 1. The standard InChI is InChI=1S/C10H13ClN2O/c11-5-8-6-12-7-13-10(8)14-9-3-1-2-4-9/h6-7,9H,1-5H2. The SMILES string of the molecule is ClCc1cncnc1OC1CCCC1. The third kappa shape index (κ3) is 2.15. The fourth-order valence-electron chi connectivity index (χ4n) is 1.71. The largest absolute Gasteiger partial charge is 0.474 e. The minimum absolute atomic E-state index is 0.326. The van der Waals surface area contributed by atoms with Gasteiger partial charge in [-0.1, -0.05) is 0 Å². The Hall–Kier alpha value is -0.830. The molecule has 1 saturated carbocycles. The molecular weight excluding hydrogens is 200 g/mol. The maximum absolute atomic E-state index is 5.76. The summed E-state index contributed by atoms with van der Waals surface area (Å²) >= 11 is 5.76. The van der Waals surface area contributed by atoms with Crippen molar-refractivity contribution >= 4 is 11.6 Å². The van der Waals surface area contributed by atoms with Crippen LogP contribution in [0.15, 0.2) is 12.5 Å². The predicted molar refractivity (Wildman–Crippen MR) is 54.5 cm³/mol. The molecule has 0 unspecified atom stereocenters. The Morgan fingerprint density at radius 1 is 1.43 bits per heavy atom.